The number of benzene rings is 1. The molecule has 5 rings (SSSR count). The predicted molar refractivity (Wildman–Crippen MR) is 115 cm³/mol. The first-order valence-electron chi connectivity index (χ1n) is 10.2. The topological polar surface area (TPSA) is 95.7 Å². The summed E-state index contributed by atoms with van der Waals surface area (Å²) < 4.78 is 16.2. The van der Waals surface area contributed by atoms with Gasteiger partial charge in [-0.3, -0.25) is 4.40 Å². The molecule has 0 bridgehead atoms. The largest absolute Gasteiger partial charge is 0.465 e. The van der Waals surface area contributed by atoms with Crippen molar-refractivity contribution in [2.24, 2.45) is 5.92 Å². The van der Waals surface area contributed by atoms with Crippen molar-refractivity contribution in [3.05, 3.63) is 54.5 Å². The number of rotatable bonds is 4. The number of nitrogens with zero attached hydrogens (tertiary/aromatic N) is 5. The van der Waals surface area contributed by atoms with Gasteiger partial charge in [-0.2, -0.15) is 0 Å². The van der Waals surface area contributed by atoms with Crippen LogP contribution in [0.3, 0.4) is 0 Å². The molecule has 0 atom stereocenters. The van der Waals surface area contributed by atoms with Crippen LogP contribution in [0.1, 0.15) is 12.8 Å². The molecule has 0 unspecified atom stereocenters. The fraction of sp³-hybridized carbons (Fsp3) is 0.273. The molecule has 31 heavy (non-hydrogen) atoms. The van der Waals surface area contributed by atoms with Crippen molar-refractivity contribution in [2.75, 3.05) is 24.5 Å². The molecule has 1 aromatic carbocycles. The van der Waals surface area contributed by atoms with E-state index in [0.717, 1.165) is 29.6 Å². The summed E-state index contributed by atoms with van der Waals surface area (Å²) in [6, 6.07) is 12.4. The second-order valence-electron chi connectivity index (χ2n) is 7.76. The lowest BCUT2D eigenvalue weighted by molar-refractivity contribution is 0.191. The molecule has 0 radical (unpaired) electrons. The number of amides is 1. The van der Waals surface area contributed by atoms with E-state index < -0.39 is 6.09 Å². The van der Waals surface area contributed by atoms with Crippen LogP contribution in [0.4, 0.5) is 14.9 Å². The van der Waals surface area contributed by atoms with Gasteiger partial charge in [-0.15, -0.1) is 10.2 Å². The van der Waals surface area contributed by atoms with Gasteiger partial charge < -0.3 is 15.3 Å². The van der Waals surface area contributed by atoms with Crippen molar-refractivity contribution in [1.29, 1.82) is 0 Å². The standard InChI is InChI=1S/C22H21FN6O2/c23-16-11-15-4-5-17(21-27-26-19-3-1-2-8-29(19)21)25-20(15)18(12-16)28-9-6-14(7-10-28)13-24-22(30)31/h1-5,8,11-12,14,24H,6-7,9-10,13H2,(H,30,31). The van der Waals surface area contributed by atoms with Gasteiger partial charge in [0.15, 0.2) is 11.5 Å². The minimum atomic E-state index is -1.00. The maximum atomic E-state index is 14.4. The molecule has 1 fully saturated rings. The summed E-state index contributed by atoms with van der Waals surface area (Å²) in [4.78, 5) is 17.7. The number of halogens is 1. The van der Waals surface area contributed by atoms with Gasteiger partial charge in [0.1, 0.15) is 11.5 Å². The third kappa shape index (κ3) is 3.74. The highest BCUT2D eigenvalue weighted by Gasteiger charge is 2.22. The number of carboxylic acid groups (broad SMARTS) is 1. The third-order valence-electron chi connectivity index (χ3n) is 5.78. The number of pyridine rings is 2. The highest BCUT2D eigenvalue weighted by molar-refractivity contribution is 5.92. The van der Waals surface area contributed by atoms with Gasteiger partial charge in [0.25, 0.3) is 0 Å². The van der Waals surface area contributed by atoms with Crippen molar-refractivity contribution < 1.29 is 14.3 Å². The Labute approximate surface area is 177 Å². The lowest BCUT2D eigenvalue weighted by Gasteiger charge is -2.34. The molecule has 2 N–H and O–H groups in total. The summed E-state index contributed by atoms with van der Waals surface area (Å²) in [5, 5.41) is 20.5. The van der Waals surface area contributed by atoms with Crippen LogP contribution in [0, 0.1) is 11.7 Å². The molecule has 4 heterocycles. The van der Waals surface area contributed by atoms with Crippen LogP contribution in [0.25, 0.3) is 28.1 Å². The zero-order chi connectivity index (χ0) is 21.4. The quantitative estimate of drug-likeness (QED) is 0.524. The number of anilines is 1. The lowest BCUT2D eigenvalue weighted by Crippen LogP contribution is -2.38. The first kappa shape index (κ1) is 19.2. The first-order valence-corrected chi connectivity index (χ1v) is 10.2. The van der Waals surface area contributed by atoms with E-state index >= 15 is 0 Å². The number of piperidine rings is 1. The Morgan fingerprint density at radius 1 is 1.16 bits per heavy atom. The van der Waals surface area contributed by atoms with E-state index in [1.807, 2.05) is 40.9 Å². The van der Waals surface area contributed by atoms with E-state index in [9.17, 15) is 9.18 Å². The Hall–Kier alpha value is -3.75. The Morgan fingerprint density at radius 2 is 2.00 bits per heavy atom. The van der Waals surface area contributed by atoms with Crippen molar-refractivity contribution in [2.45, 2.75) is 12.8 Å². The number of carbonyl (C=O) groups is 1. The van der Waals surface area contributed by atoms with Crippen molar-refractivity contribution in [3.63, 3.8) is 0 Å². The normalized spacial score (nSPS) is 14.9. The zero-order valence-electron chi connectivity index (χ0n) is 16.7. The van der Waals surface area contributed by atoms with E-state index in [-0.39, 0.29) is 11.7 Å². The Bertz CT molecular complexity index is 1270. The summed E-state index contributed by atoms with van der Waals surface area (Å²) in [5.41, 5.74) is 2.86. The van der Waals surface area contributed by atoms with Gasteiger partial charge in [-0.1, -0.05) is 12.1 Å². The Balaban J connectivity index is 1.48. The molecule has 1 aliphatic heterocycles. The number of hydrogen-bond donors (Lipinski definition) is 2. The Kier molecular flexibility index (Phi) is 4.85. The minimum absolute atomic E-state index is 0.276. The summed E-state index contributed by atoms with van der Waals surface area (Å²) in [7, 11) is 0. The molecule has 9 heteroatoms. The van der Waals surface area contributed by atoms with E-state index in [0.29, 0.717) is 36.7 Å². The maximum Gasteiger partial charge on any atom is 0.404 e. The molecule has 158 valence electrons. The molecular weight excluding hydrogens is 399 g/mol. The van der Waals surface area contributed by atoms with Crippen LogP contribution < -0.4 is 10.2 Å². The molecule has 0 saturated carbocycles. The number of aromatic nitrogens is 4. The van der Waals surface area contributed by atoms with Gasteiger partial charge in [-0.25, -0.2) is 14.2 Å². The molecule has 4 aromatic rings. The van der Waals surface area contributed by atoms with Crippen LogP contribution in [-0.2, 0) is 0 Å². The van der Waals surface area contributed by atoms with E-state index in [2.05, 4.69) is 20.4 Å². The molecule has 3 aromatic heterocycles. The maximum absolute atomic E-state index is 14.4. The highest BCUT2D eigenvalue weighted by Crippen LogP contribution is 2.32. The van der Waals surface area contributed by atoms with Crippen LogP contribution >= 0.6 is 0 Å². The van der Waals surface area contributed by atoms with Crippen molar-refractivity contribution in [3.8, 4) is 11.5 Å². The molecule has 0 aliphatic carbocycles. The number of hydrogen-bond acceptors (Lipinski definition) is 5. The van der Waals surface area contributed by atoms with E-state index in [4.69, 9.17) is 10.1 Å². The monoisotopic (exact) mass is 420 g/mol. The molecule has 1 aliphatic rings. The van der Waals surface area contributed by atoms with Crippen LogP contribution in [-0.4, -0.2) is 50.4 Å². The van der Waals surface area contributed by atoms with Crippen LogP contribution in [0.2, 0.25) is 0 Å². The fourth-order valence-electron chi connectivity index (χ4n) is 4.17. The lowest BCUT2D eigenvalue weighted by atomic mass is 9.96. The first-order chi connectivity index (χ1) is 15.1. The summed E-state index contributed by atoms with van der Waals surface area (Å²) in [6.07, 6.45) is 2.54. The second-order valence-corrected chi connectivity index (χ2v) is 7.76. The Morgan fingerprint density at radius 3 is 2.81 bits per heavy atom. The zero-order valence-corrected chi connectivity index (χ0v) is 16.7. The van der Waals surface area contributed by atoms with Gasteiger partial charge in [0.05, 0.1) is 11.2 Å². The van der Waals surface area contributed by atoms with Crippen molar-refractivity contribution >= 4 is 28.3 Å². The van der Waals surface area contributed by atoms with Gasteiger partial charge in [0.2, 0.25) is 0 Å². The van der Waals surface area contributed by atoms with Gasteiger partial charge in [-0.05, 0) is 49.1 Å². The average molecular weight is 420 g/mol. The van der Waals surface area contributed by atoms with Gasteiger partial charge in [0, 0.05) is 31.2 Å². The van der Waals surface area contributed by atoms with E-state index in [1.165, 1.54) is 12.1 Å². The summed E-state index contributed by atoms with van der Waals surface area (Å²) in [5.74, 6) is 0.601. The summed E-state index contributed by atoms with van der Waals surface area (Å²) >= 11 is 0. The number of fused-ring (bicyclic) bond motifs is 2. The van der Waals surface area contributed by atoms with Crippen molar-refractivity contribution in [1.82, 2.24) is 24.9 Å². The molecule has 0 spiro atoms. The smallest absolute Gasteiger partial charge is 0.404 e. The SMILES string of the molecule is O=C(O)NCC1CCN(c2cc(F)cc3ccc(-c4nnc5ccccn45)nc23)CC1. The van der Waals surface area contributed by atoms with Crippen LogP contribution in [0.15, 0.2) is 48.7 Å². The highest BCUT2D eigenvalue weighted by atomic mass is 19.1. The number of nitrogens with one attached hydrogen (secondary N) is 1. The molecule has 1 amide bonds. The summed E-state index contributed by atoms with van der Waals surface area (Å²) in [6.45, 7) is 1.87. The third-order valence-corrected chi connectivity index (χ3v) is 5.78. The average Bonchev–Trinajstić information content (AvgIpc) is 3.21. The van der Waals surface area contributed by atoms with E-state index in [1.54, 1.807) is 0 Å². The minimum Gasteiger partial charge on any atom is -0.465 e. The molecule has 8 nitrogen and oxygen atoms in total. The molecular formula is C22H21FN6O2. The predicted octanol–water partition coefficient (Wildman–Crippen LogP) is 3.57. The van der Waals surface area contributed by atoms with Crippen LogP contribution in [0.5, 0.6) is 0 Å². The fourth-order valence-corrected chi connectivity index (χ4v) is 4.17. The molecule has 1 saturated heterocycles. The van der Waals surface area contributed by atoms with Gasteiger partial charge >= 0.3 is 6.09 Å². The second kappa shape index (κ2) is 7.82.